The highest BCUT2D eigenvalue weighted by Gasteiger charge is 2.37. The third kappa shape index (κ3) is 3.23. The van der Waals surface area contributed by atoms with Crippen LogP contribution in [0.3, 0.4) is 0 Å². The molecule has 1 saturated heterocycles. The maximum absolute atomic E-state index is 13.9. The second-order valence-corrected chi connectivity index (χ2v) is 7.83. The van der Waals surface area contributed by atoms with Crippen LogP contribution in [0.1, 0.15) is 26.2 Å². The van der Waals surface area contributed by atoms with Crippen molar-refractivity contribution in [2.75, 3.05) is 19.7 Å². The zero-order chi connectivity index (χ0) is 15.7. The van der Waals surface area contributed by atoms with E-state index in [0.717, 1.165) is 12.5 Å². The van der Waals surface area contributed by atoms with E-state index in [2.05, 4.69) is 0 Å². The van der Waals surface area contributed by atoms with Gasteiger partial charge in [0, 0.05) is 24.7 Å². The van der Waals surface area contributed by atoms with E-state index < -0.39 is 15.8 Å². The highest BCUT2D eigenvalue weighted by molar-refractivity contribution is 7.89. The monoisotopic (exact) mass is 335 g/mol. The lowest BCUT2D eigenvalue weighted by atomic mass is 9.77. The Morgan fingerprint density at radius 2 is 2.00 bits per heavy atom. The Balaban J connectivity index is 2.22. The quantitative estimate of drug-likeness (QED) is 0.920. The van der Waals surface area contributed by atoms with Crippen molar-refractivity contribution >= 4 is 21.6 Å². The minimum absolute atomic E-state index is 0.0483. The summed E-state index contributed by atoms with van der Waals surface area (Å²) in [7, 11) is -3.86. The summed E-state index contributed by atoms with van der Waals surface area (Å²) in [5, 5.41) is 9.64. The number of aliphatic hydroxyl groups is 1. The van der Waals surface area contributed by atoms with Crippen LogP contribution in [0.15, 0.2) is 23.1 Å². The summed E-state index contributed by atoms with van der Waals surface area (Å²) in [6.07, 6.45) is 1.95. The van der Waals surface area contributed by atoms with Crippen LogP contribution in [0.2, 0.25) is 5.02 Å². The molecular formula is C14H19ClFNO3S. The van der Waals surface area contributed by atoms with Gasteiger partial charge in [0.2, 0.25) is 10.0 Å². The predicted molar refractivity (Wildman–Crippen MR) is 79.2 cm³/mol. The second kappa shape index (κ2) is 6.20. The Morgan fingerprint density at radius 1 is 1.38 bits per heavy atom. The van der Waals surface area contributed by atoms with Crippen LogP contribution >= 0.6 is 11.6 Å². The summed E-state index contributed by atoms with van der Waals surface area (Å²) < 4.78 is 40.1. The van der Waals surface area contributed by atoms with Gasteiger partial charge in [-0.25, -0.2) is 12.8 Å². The molecule has 1 N–H and O–H groups in total. The number of rotatable bonds is 4. The second-order valence-electron chi connectivity index (χ2n) is 5.49. The van der Waals surface area contributed by atoms with E-state index >= 15 is 0 Å². The zero-order valence-electron chi connectivity index (χ0n) is 11.8. The molecule has 1 heterocycles. The Kier molecular flexibility index (Phi) is 4.92. The number of halogens is 2. The average molecular weight is 336 g/mol. The fourth-order valence-electron chi connectivity index (χ4n) is 2.65. The topological polar surface area (TPSA) is 57.6 Å². The smallest absolute Gasteiger partial charge is 0.245 e. The Morgan fingerprint density at radius 3 is 2.48 bits per heavy atom. The van der Waals surface area contributed by atoms with Crippen LogP contribution in [0.25, 0.3) is 0 Å². The van der Waals surface area contributed by atoms with Gasteiger partial charge in [-0.3, -0.25) is 0 Å². The lowest BCUT2D eigenvalue weighted by Crippen LogP contribution is -2.44. The summed E-state index contributed by atoms with van der Waals surface area (Å²) in [6.45, 7) is 2.61. The predicted octanol–water partition coefficient (Wildman–Crippen LogP) is 2.65. The Hall–Kier alpha value is -0.690. The van der Waals surface area contributed by atoms with Crippen molar-refractivity contribution in [2.24, 2.45) is 5.41 Å². The summed E-state index contributed by atoms with van der Waals surface area (Å²) in [5.74, 6) is -0.836. The van der Waals surface area contributed by atoms with Crippen molar-refractivity contribution in [3.63, 3.8) is 0 Å². The molecule has 0 atom stereocenters. The number of hydrogen-bond donors (Lipinski definition) is 1. The van der Waals surface area contributed by atoms with Gasteiger partial charge in [0.25, 0.3) is 0 Å². The highest BCUT2D eigenvalue weighted by atomic mass is 35.5. The SMILES string of the molecule is CCC1(CO)CCN(S(=O)(=O)c2ccc(Cl)cc2F)CC1. The first-order chi connectivity index (χ1) is 9.84. The van der Waals surface area contributed by atoms with Gasteiger partial charge in [-0.15, -0.1) is 0 Å². The summed E-state index contributed by atoms with van der Waals surface area (Å²) in [5.41, 5.74) is -0.218. The van der Waals surface area contributed by atoms with Crippen LogP contribution in [-0.4, -0.2) is 37.5 Å². The molecule has 0 radical (unpaired) electrons. The first-order valence-electron chi connectivity index (χ1n) is 6.91. The van der Waals surface area contributed by atoms with Crippen LogP contribution in [-0.2, 0) is 10.0 Å². The molecule has 0 spiro atoms. The van der Waals surface area contributed by atoms with Crippen molar-refractivity contribution in [1.82, 2.24) is 4.31 Å². The molecule has 21 heavy (non-hydrogen) atoms. The minimum Gasteiger partial charge on any atom is -0.396 e. The van der Waals surface area contributed by atoms with Gasteiger partial charge < -0.3 is 5.11 Å². The molecule has 2 rings (SSSR count). The molecule has 1 fully saturated rings. The van der Waals surface area contributed by atoms with Crippen molar-refractivity contribution < 1.29 is 17.9 Å². The number of hydrogen-bond acceptors (Lipinski definition) is 3. The van der Waals surface area contributed by atoms with Crippen LogP contribution in [0.4, 0.5) is 4.39 Å². The maximum atomic E-state index is 13.9. The normalized spacial score (nSPS) is 19.6. The fraction of sp³-hybridized carbons (Fsp3) is 0.571. The van der Waals surface area contributed by atoms with E-state index in [4.69, 9.17) is 11.6 Å². The van der Waals surface area contributed by atoms with Gasteiger partial charge in [-0.2, -0.15) is 4.31 Å². The van der Waals surface area contributed by atoms with Gasteiger partial charge in [0.15, 0.2) is 0 Å². The first-order valence-corrected chi connectivity index (χ1v) is 8.72. The molecule has 0 bridgehead atoms. The lowest BCUT2D eigenvalue weighted by molar-refractivity contribution is 0.0647. The summed E-state index contributed by atoms with van der Waals surface area (Å²) >= 11 is 5.65. The third-order valence-corrected chi connectivity index (χ3v) is 6.55. The zero-order valence-corrected chi connectivity index (χ0v) is 13.4. The molecule has 1 aliphatic heterocycles. The molecule has 1 aliphatic rings. The third-order valence-electron chi connectivity index (χ3n) is 4.38. The lowest BCUT2D eigenvalue weighted by Gasteiger charge is -2.39. The van der Waals surface area contributed by atoms with Gasteiger partial charge >= 0.3 is 0 Å². The molecule has 0 unspecified atom stereocenters. The van der Waals surface area contributed by atoms with E-state index in [1.165, 1.54) is 16.4 Å². The van der Waals surface area contributed by atoms with E-state index in [0.29, 0.717) is 25.9 Å². The molecule has 0 aromatic heterocycles. The highest BCUT2D eigenvalue weighted by Crippen LogP contribution is 2.36. The molecule has 1 aromatic carbocycles. The standard InChI is InChI=1S/C14H19ClFNO3S/c1-2-14(10-18)5-7-17(8-6-14)21(19,20)13-4-3-11(15)9-12(13)16/h3-4,9,18H,2,5-8,10H2,1H3. The average Bonchev–Trinajstić information content (AvgIpc) is 2.47. The van der Waals surface area contributed by atoms with E-state index in [1.807, 2.05) is 6.92 Å². The van der Waals surface area contributed by atoms with Crippen molar-refractivity contribution in [3.8, 4) is 0 Å². The van der Waals surface area contributed by atoms with Gasteiger partial charge in [-0.1, -0.05) is 18.5 Å². The number of nitrogens with zero attached hydrogens (tertiary/aromatic N) is 1. The fourth-order valence-corrected chi connectivity index (χ4v) is 4.29. The van der Waals surface area contributed by atoms with E-state index in [-0.39, 0.29) is 21.9 Å². The van der Waals surface area contributed by atoms with Gasteiger partial charge in [-0.05, 0) is 42.9 Å². The Labute approximate surface area is 129 Å². The van der Waals surface area contributed by atoms with Gasteiger partial charge in [0.1, 0.15) is 10.7 Å². The molecule has 0 aliphatic carbocycles. The first kappa shape index (κ1) is 16.7. The molecule has 1 aromatic rings. The van der Waals surface area contributed by atoms with E-state index in [1.54, 1.807) is 0 Å². The molecule has 118 valence electrons. The van der Waals surface area contributed by atoms with Crippen molar-refractivity contribution in [2.45, 2.75) is 31.1 Å². The maximum Gasteiger partial charge on any atom is 0.245 e. The van der Waals surface area contributed by atoms with Crippen LogP contribution in [0.5, 0.6) is 0 Å². The number of piperidine rings is 1. The van der Waals surface area contributed by atoms with Crippen molar-refractivity contribution in [3.05, 3.63) is 29.0 Å². The van der Waals surface area contributed by atoms with Gasteiger partial charge in [0.05, 0.1) is 0 Å². The van der Waals surface area contributed by atoms with Crippen LogP contribution < -0.4 is 0 Å². The number of benzene rings is 1. The van der Waals surface area contributed by atoms with Crippen molar-refractivity contribution in [1.29, 1.82) is 0 Å². The molecule has 0 saturated carbocycles. The van der Waals surface area contributed by atoms with E-state index in [9.17, 15) is 17.9 Å². The van der Waals surface area contributed by atoms with Crippen LogP contribution in [0, 0.1) is 11.2 Å². The minimum atomic E-state index is -3.86. The molecule has 4 nitrogen and oxygen atoms in total. The largest absolute Gasteiger partial charge is 0.396 e. The Bertz CT molecular complexity index is 607. The summed E-state index contributed by atoms with van der Waals surface area (Å²) in [6, 6.07) is 3.56. The molecule has 0 amide bonds. The molecule has 7 heteroatoms. The number of sulfonamides is 1. The summed E-state index contributed by atoms with van der Waals surface area (Å²) in [4.78, 5) is -0.347. The number of aliphatic hydroxyl groups excluding tert-OH is 1. The molecular weight excluding hydrogens is 317 g/mol.